The van der Waals surface area contributed by atoms with Crippen LogP contribution in [0.4, 0.5) is 17.2 Å². The maximum atomic E-state index is 12.8. The van der Waals surface area contributed by atoms with Gasteiger partial charge in [-0.2, -0.15) is 0 Å². The summed E-state index contributed by atoms with van der Waals surface area (Å²) < 4.78 is 5.84. The second-order valence-corrected chi connectivity index (χ2v) is 8.15. The van der Waals surface area contributed by atoms with Crippen LogP contribution in [0, 0.1) is 0 Å². The highest BCUT2D eigenvalue weighted by molar-refractivity contribution is 5.95. The first kappa shape index (κ1) is 18.8. The van der Waals surface area contributed by atoms with Crippen molar-refractivity contribution in [1.29, 1.82) is 0 Å². The van der Waals surface area contributed by atoms with E-state index in [1.165, 1.54) is 5.56 Å². The van der Waals surface area contributed by atoms with Gasteiger partial charge >= 0.3 is 0 Å². The van der Waals surface area contributed by atoms with Crippen LogP contribution in [0.2, 0.25) is 0 Å². The number of H-pyrrole nitrogens is 1. The van der Waals surface area contributed by atoms with Crippen molar-refractivity contribution in [3.8, 4) is 5.75 Å². The number of likely N-dealkylation sites (tertiary alicyclic amines) is 1. The molecular formula is C22H27N5O3. The molecule has 0 aliphatic carbocycles. The lowest BCUT2D eigenvalue weighted by atomic mass is 10.1. The van der Waals surface area contributed by atoms with Crippen LogP contribution in [-0.2, 0) is 11.2 Å². The molecular weight excluding hydrogens is 382 g/mol. The first-order valence-electron chi connectivity index (χ1n) is 10.6. The lowest BCUT2D eigenvalue weighted by Crippen LogP contribution is -2.42. The molecule has 1 aromatic heterocycles. The molecule has 30 heavy (non-hydrogen) atoms. The number of hydrogen-bond acceptors (Lipinski definition) is 5. The van der Waals surface area contributed by atoms with E-state index in [4.69, 9.17) is 4.74 Å². The fourth-order valence-corrected chi connectivity index (χ4v) is 4.73. The first-order chi connectivity index (χ1) is 14.6. The highest BCUT2D eigenvalue weighted by Gasteiger charge is 2.33. The molecule has 8 nitrogen and oxygen atoms in total. The monoisotopic (exact) mass is 409 g/mol. The predicted octanol–water partition coefficient (Wildman–Crippen LogP) is 1.89. The molecule has 158 valence electrons. The van der Waals surface area contributed by atoms with Gasteiger partial charge in [-0.25, -0.2) is 0 Å². The van der Waals surface area contributed by atoms with E-state index >= 15 is 0 Å². The normalized spacial score (nSPS) is 20.1. The average molecular weight is 409 g/mol. The minimum atomic E-state index is -0.185. The van der Waals surface area contributed by atoms with Gasteiger partial charge in [-0.3, -0.25) is 9.59 Å². The topological polar surface area (TPSA) is 80.9 Å². The third-order valence-electron chi connectivity index (χ3n) is 6.42. The molecule has 0 radical (unpaired) electrons. The number of amides is 2. The number of fused-ring (bicyclic) bond motifs is 2. The molecule has 2 amide bonds. The molecule has 0 spiro atoms. The minimum absolute atomic E-state index is 0.0262. The fourth-order valence-electron chi connectivity index (χ4n) is 4.73. The third kappa shape index (κ3) is 2.98. The number of benzene rings is 1. The van der Waals surface area contributed by atoms with Gasteiger partial charge in [0.15, 0.2) is 11.6 Å². The van der Waals surface area contributed by atoms with E-state index in [1.807, 2.05) is 22.9 Å². The molecule has 3 aliphatic rings. The minimum Gasteiger partial charge on any atom is -0.488 e. The fraction of sp³-hybridized carbons (Fsp3) is 0.455. The number of carbonyl (C=O) groups is 2. The van der Waals surface area contributed by atoms with Gasteiger partial charge in [0.2, 0.25) is 5.91 Å². The van der Waals surface area contributed by atoms with Crippen molar-refractivity contribution in [2.24, 2.45) is 0 Å². The summed E-state index contributed by atoms with van der Waals surface area (Å²) in [6.45, 7) is 2.87. The standard InChI is InChI=1S/C22H27N5O3/c1-23-21(28)18-11-14-5-6-15(12-17(14)25(18)2)27-9-10-30-19-13-16(24-20(19)27)22(29)26-7-3-4-8-26/h5-6,12-13,18,24H,3-4,7-11H2,1-2H3,(H,23,28). The number of aromatic amines is 1. The average Bonchev–Trinajstić information content (AvgIpc) is 3.51. The maximum Gasteiger partial charge on any atom is 0.270 e. The van der Waals surface area contributed by atoms with Crippen molar-refractivity contribution in [3.05, 3.63) is 35.5 Å². The van der Waals surface area contributed by atoms with E-state index in [0.717, 1.165) is 43.1 Å². The van der Waals surface area contributed by atoms with Crippen molar-refractivity contribution in [3.63, 3.8) is 0 Å². The highest BCUT2D eigenvalue weighted by atomic mass is 16.5. The third-order valence-corrected chi connectivity index (χ3v) is 6.42. The van der Waals surface area contributed by atoms with Crippen molar-refractivity contribution in [2.45, 2.75) is 25.3 Å². The van der Waals surface area contributed by atoms with Crippen LogP contribution < -0.4 is 19.9 Å². The number of aromatic nitrogens is 1. The van der Waals surface area contributed by atoms with E-state index in [1.54, 1.807) is 7.05 Å². The van der Waals surface area contributed by atoms with Crippen molar-refractivity contribution in [2.75, 3.05) is 50.1 Å². The van der Waals surface area contributed by atoms with Crippen LogP contribution in [0.1, 0.15) is 28.9 Å². The quantitative estimate of drug-likeness (QED) is 0.809. The molecule has 1 atom stereocenters. The Bertz CT molecular complexity index is 995. The number of hydrogen-bond donors (Lipinski definition) is 2. The molecule has 0 saturated carbocycles. The summed E-state index contributed by atoms with van der Waals surface area (Å²) >= 11 is 0. The largest absolute Gasteiger partial charge is 0.488 e. The molecule has 8 heteroatoms. The van der Waals surface area contributed by atoms with Gasteiger partial charge in [0.25, 0.3) is 5.91 Å². The molecule has 2 aromatic rings. The van der Waals surface area contributed by atoms with Crippen LogP contribution in [0.3, 0.4) is 0 Å². The van der Waals surface area contributed by atoms with E-state index in [9.17, 15) is 9.59 Å². The van der Waals surface area contributed by atoms with Crippen LogP contribution in [-0.4, -0.2) is 68.1 Å². The first-order valence-corrected chi connectivity index (χ1v) is 10.6. The Morgan fingerprint density at radius 2 is 1.97 bits per heavy atom. The molecule has 1 saturated heterocycles. The molecule has 1 fully saturated rings. The summed E-state index contributed by atoms with van der Waals surface area (Å²) in [6, 6.07) is 7.94. The van der Waals surface area contributed by atoms with Gasteiger partial charge in [-0.1, -0.05) is 6.07 Å². The van der Waals surface area contributed by atoms with E-state index < -0.39 is 0 Å². The Morgan fingerprint density at radius 3 is 2.73 bits per heavy atom. The SMILES string of the molecule is CNC(=O)C1Cc2ccc(N3CCOc4cc(C(=O)N5CCCC5)[nH]c43)cc2N1C. The van der Waals surface area contributed by atoms with Crippen molar-refractivity contribution >= 4 is 29.0 Å². The van der Waals surface area contributed by atoms with Gasteiger partial charge in [0, 0.05) is 51.0 Å². The maximum absolute atomic E-state index is 12.8. The van der Waals surface area contributed by atoms with Gasteiger partial charge in [-0.05, 0) is 30.5 Å². The Kier molecular flexibility index (Phi) is 4.56. The zero-order valence-electron chi connectivity index (χ0n) is 17.4. The van der Waals surface area contributed by atoms with Gasteiger partial charge < -0.3 is 29.7 Å². The summed E-state index contributed by atoms with van der Waals surface area (Å²) in [5.41, 5.74) is 3.82. The smallest absolute Gasteiger partial charge is 0.270 e. The van der Waals surface area contributed by atoms with E-state index in [2.05, 4.69) is 33.4 Å². The molecule has 3 aliphatic heterocycles. The van der Waals surface area contributed by atoms with Gasteiger partial charge in [0.1, 0.15) is 18.3 Å². The number of anilines is 3. The zero-order chi connectivity index (χ0) is 20.8. The Balaban J connectivity index is 1.44. The number of rotatable bonds is 3. The number of ether oxygens (including phenoxy) is 1. The number of likely N-dealkylation sites (N-methyl/N-ethyl adjacent to an activating group) is 2. The summed E-state index contributed by atoms with van der Waals surface area (Å²) in [7, 11) is 3.63. The molecule has 5 rings (SSSR count). The van der Waals surface area contributed by atoms with Crippen LogP contribution in [0.15, 0.2) is 24.3 Å². The lowest BCUT2D eigenvalue weighted by molar-refractivity contribution is -0.121. The molecule has 2 N–H and O–H groups in total. The van der Waals surface area contributed by atoms with Gasteiger partial charge in [0.05, 0.1) is 6.54 Å². The summed E-state index contributed by atoms with van der Waals surface area (Å²) in [6.07, 6.45) is 2.83. The summed E-state index contributed by atoms with van der Waals surface area (Å²) in [4.78, 5) is 34.4. The summed E-state index contributed by atoms with van der Waals surface area (Å²) in [5.74, 6) is 1.58. The number of nitrogens with zero attached hydrogens (tertiary/aromatic N) is 3. The Morgan fingerprint density at radius 1 is 1.17 bits per heavy atom. The van der Waals surface area contributed by atoms with Crippen molar-refractivity contribution < 1.29 is 14.3 Å². The molecule has 0 bridgehead atoms. The van der Waals surface area contributed by atoms with Gasteiger partial charge in [-0.15, -0.1) is 0 Å². The highest BCUT2D eigenvalue weighted by Crippen LogP contribution is 2.40. The second-order valence-electron chi connectivity index (χ2n) is 8.15. The predicted molar refractivity (Wildman–Crippen MR) is 115 cm³/mol. The van der Waals surface area contributed by atoms with Crippen LogP contribution in [0.25, 0.3) is 0 Å². The van der Waals surface area contributed by atoms with Crippen LogP contribution >= 0.6 is 0 Å². The molecule has 1 aromatic carbocycles. The Hall–Kier alpha value is -3.16. The van der Waals surface area contributed by atoms with E-state index in [0.29, 0.717) is 31.0 Å². The Labute approximate surface area is 175 Å². The summed E-state index contributed by atoms with van der Waals surface area (Å²) in [5, 5.41) is 2.75. The van der Waals surface area contributed by atoms with E-state index in [-0.39, 0.29) is 17.9 Å². The number of nitrogens with one attached hydrogen (secondary N) is 2. The zero-order valence-corrected chi connectivity index (χ0v) is 17.4. The molecule has 1 unspecified atom stereocenters. The van der Waals surface area contributed by atoms with Crippen LogP contribution in [0.5, 0.6) is 5.75 Å². The number of carbonyl (C=O) groups excluding carboxylic acids is 2. The molecule has 4 heterocycles. The second kappa shape index (κ2) is 7.27. The van der Waals surface area contributed by atoms with Crippen molar-refractivity contribution in [1.82, 2.24) is 15.2 Å². The lowest BCUT2D eigenvalue weighted by Gasteiger charge is -2.29.